The highest BCUT2D eigenvalue weighted by atomic mass is 35.5. The average molecular weight is 419 g/mol. The van der Waals surface area contributed by atoms with E-state index in [1.165, 1.54) is 6.07 Å². The van der Waals surface area contributed by atoms with E-state index in [0.29, 0.717) is 23.8 Å². The van der Waals surface area contributed by atoms with Crippen molar-refractivity contribution >= 4 is 28.9 Å². The molecule has 0 aliphatic carbocycles. The Morgan fingerprint density at radius 1 is 1.21 bits per heavy atom. The van der Waals surface area contributed by atoms with E-state index in [4.69, 9.17) is 11.6 Å². The fraction of sp³-hybridized carbons (Fsp3) is 0.381. The summed E-state index contributed by atoms with van der Waals surface area (Å²) >= 11 is 6.13. The van der Waals surface area contributed by atoms with Gasteiger partial charge in [-0.2, -0.15) is 0 Å². The van der Waals surface area contributed by atoms with Gasteiger partial charge in [-0.15, -0.1) is 0 Å². The van der Waals surface area contributed by atoms with Crippen LogP contribution in [0.4, 0.5) is 11.4 Å². The summed E-state index contributed by atoms with van der Waals surface area (Å²) in [4.78, 5) is 25.6. The van der Waals surface area contributed by atoms with Crippen LogP contribution in [0.25, 0.3) is 0 Å². The van der Waals surface area contributed by atoms with Crippen LogP contribution in [0.5, 0.6) is 0 Å². The molecule has 0 saturated heterocycles. The number of hydrogen-bond acceptors (Lipinski definition) is 5. The number of benzene rings is 2. The summed E-state index contributed by atoms with van der Waals surface area (Å²) in [5.41, 5.74) is 1.13. The van der Waals surface area contributed by atoms with Gasteiger partial charge in [0.05, 0.1) is 4.92 Å². The second-order valence-electron chi connectivity index (χ2n) is 8.02. The second-order valence-corrected chi connectivity index (χ2v) is 8.43. The van der Waals surface area contributed by atoms with Crippen LogP contribution in [-0.4, -0.2) is 42.9 Å². The summed E-state index contributed by atoms with van der Waals surface area (Å²) in [6, 6.07) is 11.7. The largest absolute Gasteiger partial charge is 0.375 e. The predicted octanol–water partition coefficient (Wildman–Crippen LogP) is 4.18. The zero-order valence-corrected chi connectivity index (χ0v) is 17.9. The van der Waals surface area contributed by atoms with Crippen LogP contribution < -0.4 is 10.6 Å². The fourth-order valence-corrected chi connectivity index (χ4v) is 3.34. The highest BCUT2D eigenvalue weighted by Crippen LogP contribution is 2.27. The molecule has 2 N–H and O–H groups in total. The molecule has 1 amide bonds. The summed E-state index contributed by atoms with van der Waals surface area (Å²) in [6.07, 6.45) is 0. The Hall–Kier alpha value is -2.64. The van der Waals surface area contributed by atoms with Gasteiger partial charge in [0.1, 0.15) is 5.69 Å². The Kier molecular flexibility index (Phi) is 7.59. The van der Waals surface area contributed by atoms with Gasteiger partial charge in [-0.05, 0) is 43.3 Å². The molecular weight excluding hydrogens is 392 g/mol. The molecule has 0 atom stereocenters. The van der Waals surface area contributed by atoms with E-state index in [-0.39, 0.29) is 22.6 Å². The average Bonchev–Trinajstić information content (AvgIpc) is 2.64. The number of anilines is 1. The number of nitro benzene ring substituents is 1. The first-order chi connectivity index (χ1) is 13.6. The highest BCUT2D eigenvalue weighted by molar-refractivity contribution is 6.31. The van der Waals surface area contributed by atoms with Crippen molar-refractivity contribution < 1.29 is 9.72 Å². The predicted molar refractivity (Wildman–Crippen MR) is 117 cm³/mol. The molecule has 0 saturated carbocycles. The van der Waals surface area contributed by atoms with Crippen molar-refractivity contribution in [2.75, 3.05) is 32.5 Å². The number of carbonyl (C=O) groups excluding carboxylic acids is 1. The van der Waals surface area contributed by atoms with Crippen molar-refractivity contribution in [2.45, 2.75) is 20.4 Å². The van der Waals surface area contributed by atoms with Gasteiger partial charge in [0.15, 0.2) is 0 Å². The minimum absolute atomic E-state index is 0.123. The van der Waals surface area contributed by atoms with Crippen molar-refractivity contribution in [3.63, 3.8) is 0 Å². The monoisotopic (exact) mass is 418 g/mol. The Balaban J connectivity index is 2.11. The quantitative estimate of drug-likeness (QED) is 0.471. The molecule has 156 valence electrons. The minimum Gasteiger partial charge on any atom is -0.375 e. The smallest absolute Gasteiger partial charge is 0.293 e. The van der Waals surface area contributed by atoms with E-state index in [9.17, 15) is 14.9 Å². The molecule has 8 heteroatoms. The Morgan fingerprint density at radius 2 is 1.90 bits per heavy atom. The lowest BCUT2D eigenvalue weighted by molar-refractivity contribution is -0.384. The normalized spacial score (nSPS) is 11.4. The maximum atomic E-state index is 12.5. The number of nitrogens with zero attached hydrogens (tertiary/aromatic N) is 2. The van der Waals surface area contributed by atoms with Crippen molar-refractivity contribution in [1.82, 2.24) is 10.2 Å². The van der Waals surface area contributed by atoms with Gasteiger partial charge < -0.3 is 15.5 Å². The third kappa shape index (κ3) is 6.73. The standard InChI is InChI=1S/C21H27ClN4O3/c1-21(2,14-25(3)4)13-24-20(27)15-9-10-18(19(11-15)26(28)29)23-12-16-7-5-6-8-17(16)22/h5-11,23H,12-14H2,1-4H3,(H,24,27). The van der Waals surface area contributed by atoms with E-state index in [1.807, 2.05) is 32.3 Å². The van der Waals surface area contributed by atoms with E-state index < -0.39 is 4.92 Å². The van der Waals surface area contributed by atoms with E-state index in [2.05, 4.69) is 29.4 Å². The number of nitrogens with one attached hydrogen (secondary N) is 2. The zero-order valence-electron chi connectivity index (χ0n) is 17.2. The van der Waals surface area contributed by atoms with Gasteiger partial charge in [-0.1, -0.05) is 43.6 Å². The lowest BCUT2D eigenvalue weighted by Gasteiger charge is -2.28. The number of nitro groups is 1. The third-order valence-corrected chi connectivity index (χ3v) is 4.72. The van der Waals surface area contributed by atoms with E-state index in [1.54, 1.807) is 18.2 Å². The molecule has 7 nitrogen and oxygen atoms in total. The van der Waals surface area contributed by atoms with Crippen LogP contribution in [0.3, 0.4) is 0 Å². The lowest BCUT2D eigenvalue weighted by atomic mass is 9.93. The molecule has 29 heavy (non-hydrogen) atoms. The first-order valence-corrected chi connectivity index (χ1v) is 9.65. The van der Waals surface area contributed by atoms with Gasteiger partial charge >= 0.3 is 0 Å². The summed E-state index contributed by atoms with van der Waals surface area (Å²) < 4.78 is 0. The van der Waals surface area contributed by atoms with Crippen LogP contribution in [-0.2, 0) is 6.54 Å². The van der Waals surface area contributed by atoms with Crippen LogP contribution in [0.1, 0.15) is 29.8 Å². The zero-order chi connectivity index (χ0) is 21.6. The first kappa shape index (κ1) is 22.6. The minimum atomic E-state index is -0.498. The first-order valence-electron chi connectivity index (χ1n) is 9.28. The van der Waals surface area contributed by atoms with Crippen molar-refractivity contribution in [1.29, 1.82) is 0 Å². The fourth-order valence-electron chi connectivity index (χ4n) is 3.14. The van der Waals surface area contributed by atoms with E-state index in [0.717, 1.165) is 12.1 Å². The molecule has 0 aliphatic heterocycles. The van der Waals surface area contributed by atoms with Gasteiger partial charge in [0.25, 0.3) is 11.6 Å². The number of hydrogen-bond donors (Lipinski definition) is 2. The Morgan fingerprint density at radius 3 is 2.52 bits per heavy atom. The summed E-state index contributed by atoms with van der Waals surface area (Å²) in [6.45, 7) is 5.71. The molecule has 0 unspecified atom stereocenters. The van der Waals surface area contributed by atoms with Gasteiger partial charge in [0, 0.05) is 36.3 Å². The summed E-state index contributed by atoms with van der Waals surface area (Å²) in [5.74, 6) is -0.336. The SMILES string of the molecule is CN(C)CC(C)(C)CNC(=O)c1ccc(NCc2ccccc2Cl)c([N+](=O)[O-])c1. The summed E-state index contributed by atoms with van der Waals surface area (Å²) in [5, 5.41) is 18.0. The number of carbonyl (C=O) groups is 1. The molecule has 0 spiro atoms. The molecule has 0 bridgehead atoms. The third-order valence-electron chi connectivity index (χ3n) is 4.36. The number of halogens is 1. The molecule has 0 aliphatic rings. The number of rotatable bonds is 9. The molecule has 0 fully saturated rings. The Labute approximate surface area is 176 Å². The van der Waals surface area contributed by atoms with Crippen LogP contribution in [0, 0.1) is 15.5 Å². The van der Waals surface area contributed by atoms with Crippen molar-refractivity contribution in [3.8, 4) is 0 Å². The molecule has 0 aromatic heterocycles. The molecule has 0 radical (unpaired) electrons. The topological polar surface area (TPSA) is 87.5 Å². The molecule has 2 aromatic rings. The highest BCUT2D eigenvalue weighted by Gasteiger charge is 2.22. The maximum Gasteiger partial charge on any atom is 0.293 e. The Bertz CT molecular complexity index is 884. The number of amides is 1. The lowest BCUT2D eigenvalue weighted by Crippen LogP contribution is -2.40. The molecule has 2 aromatic carbocycles. The van der Waals surface area contributed by atoms with E-state index >= 15 is 0 Å². The van der Waals surface area contributed by atoms with Crippen molar-refractivity contribution in [3.05, 3.63) is 68.7 Å². The van der Waals surface area contributed by atoms with Crippen LogP contribution in [0.15, 0.2) is 42.5 Å². The van der Waals surface area contributed by atoms with Gasteiger partial charge in [0.2, 0.25) is 0 Å². The molecular formula is C21H27ClN4O3. The maximum absolute atomic E-state index is 12.5. The van der Waals surface area contributed by atoms with Crippen LogP contribution in [0.2, 0.25) is 5.02 Å². The molecule has 2 rings (SSSR count). The van der Waals surface area contributed by atoms with Crippen LogP contribution >= 0.6 is 11.6 Å². The van der Waals surface area contributed by atoms with Crippen molar-refractivity contribution in [2.24, 2.45) is 5.41 Å². The second kappa shape index (κ2) is 9.71. The van der Waals surface area contributed by atoms with Gasteiger partial charge in [-0.25, -0.2) is 0 Å². The molecule has 0 heterocycles. The van der Waals surface area contributed by atoms with Gasteiger partial charge in [-0.3, -0.25) is 14.9 Å². The summed E-state index contributed by atoms with van der Waals surface area (Å²) in [7, 11) is 3.95.